The number of esters is 2. The van der Waals surface area contributed by atoms with E-state index < -0.39 is 18.5 Å². The Morgan fingerprint density at radius 2 is 1.89 bits per heavy atom. The van der Waals surface area contributed by atoms with E-state index in [0.717, 1.165) is 5.69 Å². The van der Waals surface area contributed by atoms with Crippen LogP contribution in [0, 0.1) is 0 Å². The van der Waals surface area contributed by atoms with Gasteiger partial charge in [0.25, 0.3) is 5.91 Å². The fourth-order valence-corrected chi connectivity index (χ4v) is 2.31. The molecular formula is C19H23N3O6. The van der Waals surface area contributed by atoms with Crippen molar-refractivity contribution < 1.29 is 28.6 Å². The minimum atomic E-state index is -0.770. The van der Waals surface area contributed by atoms with Crippen LogP contribution in [0.1, 0.15) is 30.3 Å². The van der Waals surface area contributed by atoms with Gasteiger partial charge in [0.1, 0.15) is 0 Å². The molecule has 1 amide bonds. The predicted octanol–water partition coefficient (Wildman–Crippen LogP) is 1.50. The number of hydrogen-bond acceptors (Lipinski definition) is 7. The largest absolute Gasteiger partial charge is 0.493 e. The number of carbonyl (C=O) groups excluding carboxylic acids is 3. The number of para-hydroxylation sites is 1. The molecule has 0 atom stereocenters. The van der Waals surface area contributed by atoms with Gasteiger partial charge in [-0.05, 0) is 25.5 Å². The van der Waals surface area contributed by atoms with Gasteiger partial charge >= 0.3 is 11.9 Å². The Bertz CT molecular complexity index is 803. The monoisotopic (exact) mass is 389 g/mol. The second-order valence-corrected chi connectivity index (χ2v) is 5.66. The summed E-state index contributed by atoms with van der Waals surface area (Å²) in [6.45, 7) is 1.87. The summed E-state index contributed by atoms with van der Waals surface area (Å²) in [6, 6.07) is 9.20. The van der Waals surface area contributed by atoms with Crippen molar-refractivity contribution >= 4 is 17.8 Å². The Labute approximate surface area is 162 Å². The first kappa shape index (κ1) is 20.9. The number of nitrogens with one attached hydrogen (secondary N) is 1. The molecule has 2 aromatic rings. The maximum Gasteiger partial charge on any atom is 0.363 e. The number of aromatic nitrogens is 2. The maximum absolute atomic E-state index is 12.2. The molecule has 0 fully saturated rings. The Balaban J connectivity index is 1.83. The minimum absolute atomic E-state index is 0.0264. The number of amides is 1. The average Bonchev–Trinajstić information content (AvgIpc) is 3.15. The third kappa shape index (κ3) is 6.11. The van der Waals surface area contributed by atoms with Crippen molar-refractivity contribution in [2.24, 2.45) is 0 Å². The van der Waals surface area contributed by atoms with E-state index >= 15 is 0 Å². The van der Waals surface area contributed by atoms with Gasteiger partial charge < -0.3 is 19.5 Å². The van der Waals surface area contributed by atoms with Crippen LogP contribution in [-0.4, -0.2) is 54.5 Å². The van der Waals surface area contributed by atoms with Gasteiger partial charge in [-0.15, -0.1) is 0 Å². The highest BCUT2D eigenvalue weighted by Gasteiger charge is 2.20. The highest BCUT2D eigenvalue weighted by Crippen LogP contribution is 2.20. The van der Waals surface area contributed by atoms with Crippen molar-refractivity contribution in [1.29, 1.82) is 0 Å². The lowest BCUT2D eigenvalue weighted by atomic mass is 10.3. The first-order valence-electron chi connectivity index (χ1n) is 8.83. The normalized spacial score (nSPS) is 10.2. The van der Waals surface area contributed by atoms with Crippen molar-refractivity contribution in [2.75, 3.05) is 26.9 Å². The Morgan fingerprint density at radius 1 is 1.14 bits per heavy atom. The van der Waals surface area contributed by atoms with Crippen LogP contribution >= 0.6 is 0 Å². The van der Waals surface area contributed by atoms with Gasteiger partial charge in [-0.2, -0.15) is 5.10 Å². The van der Waals surface area contributed by atoms with Crippen LogP contribution in [-0.2, 0) is 19.1 Å². The molecule has 0 aliphatic carbocycles. The van der Waals surface area contributed by atoms with Crippen molar-refractivity contribution in [2.45, 2.75) is 19.8 Å². The summed E-state index contributed by atoms with van der Waals surface area (Å²) in [5.41, 5.74) is 0.723. The fraction of sp³-hybridized carbons (Fsp3) is 0.368. The molecule has 0 aliphatic rings. The molecule has 0 radical (unpaired) electrons. The van der Waals surface area contributed by atoms with E-state index in [1.54, 1.807) is 13.1 Å². The number of rotatable bonds is 10. The second kappa shape index (κ2) is 10.7. The summed E-state index contributed by atoms with van der Waals surface area (Å²) in [5, 5.41) is 6.74. The van der Waals surface area contributed by atoms with E-state index in [0.29, 0.717) is 13.0 Å². The van der Waals surface area contributed by atoms with Crippen LogP contribution < -0.4 is 10.1 Å². The highest BCUT2D eigenvalue weighted by atomic mass is 16.5. The SMILES string of the molecule is CCOC(=O)CCCNC(=O)COC(=O)c1nn(-c2ccccc2)cc1OC. The van der Waals surface area contributed by atoms with E-state index in [9.17, 15) is 14.4 Å². The molecule has 1 aromatic heterocycles. The van der Waals surface area contributed by atoms with Crippen LogP contribution in [0.3, 0.4) is 0 Å². The zero-order valence-electron chi connectivity index (χ0n) is 15.8. The summed E-state index contributed by atoms with van der Waals surface area (Å²) >= 11 is 0. The molecule has 1 aromatic carbocycles. The molecule has 1 heterocycles. The van der Waals surface area contributed by atoms with Crippen LogP contribution in [0.5, 0.6) is 5.75 Å². The van der Waals surface area contributed by atoms with E-state index in [1.807, 2.05) is 30.3 Å². The van der Waals surface area contributed by atoms with E-state index in [4.69, 9.17) is 14.2 Å². The van der Waals surface area contributed by atoms with Gasteiger partial charge in [0.05, 0.1) is 25.6 Å². The quantitative estimate of drug-likeness (QED) is 0.484. The molecule has 2 rings (SSSR count). The summed E-state index contributed by atoms with van der Waals surface area (Å²) in [5.74, 6) is -1.32. The molecule has 0 spiro atoms. The molecule has 1 N–H and O–H groups in total. The van der Waals surface area contributed by atoms with Crippen LogP contribution in [0.2, 0.25) is 0 Å². The zero-order valence-corrected chi connectivity index (χ0v) is 15.8. The van der Waals surface area contributed by atoms with Gasteiger partial charge in [0.2, 0.25) is 5.69 Å². The van der Waals surface area contributed by atoms with Gasteiger partial charge in [-0.25, -0.2) is 9.48 Å². The molecule has 0 saturated carbocycles. The third-order valence-corrected chi connectivity index (χ3v) is 3.63. The standard InChI is InChI=1S/C19H23N3O6/c1-3-27-17(24)10-7-11-20-16(23)13-28-19(25)18-15(26-2)12-22(21-18)14-8-5-4-6-9-14/h4-6,8-9,12H,3,7,10-11,13H2,1-2H3,(H,20,23). The van der Waals surface area contributed by atoms with Gasteiger partial charge in [0.15, 0.2) is 12.4 Å². The lowest BCUT2D eigenvalue weighted by Crippen LogP contribution is -2.30. The molecule has 0 aliphatic heterocycles. The Hall–Kier alpha value is -3.36. The van der Waals surface area contributed by atoms with Crippen molar-refractivity contribution in [1.82, 2.24) is 15.1 Å². The lowest BCUT2D eigenvalue weighted by molar-refractivity contribution is -0.143. The van der Waals surface area contributed by atoms with Crippen molar-refractivity contribution in [3.63, 3.8) is 0 Å². The molecule has 28 heavy (non-hydrogen) atoms. The minimum Gasteiger partial charge on any atom is -0.493 e. The van der Waals surface area contributed by atoms with Crippen LogP contribution in [0.15, 0.2) is 36.5 Å². The maximum atomic E-state index is 12.2. The van der Waals surface area contributed by atoms with Crippen molar-refractivity contribution in [3.8, 4) is 11.4 Å². The lowest BCUT2D eigenvalue weighted by Gasteiger charge is -2.06. The average molecular weight is 389 g/mol. The smallest absolute Gasteiger partial charge is 0.363 e. The number of nitrogens with zero attached hydrogens (tertiary/aromatic N) is 2. The number of hydrogen-bond donors (Lipinski definition) is 1. The topological polar surface area (TPSA) is 109 Å². The summed E-state index contributed by atoms with van der Waals surface area (Å²) in [7, 11) is 1.42. The molecule has 0 saturated heterocycles. The van der Waals surface area contributed by atoms with Gasteiger partial charge in [-0.3, -0.25) is 9.59 Å². The van der Waals surface area contributed by atoms with E-state index in [1.165, 1.54) is 11.8 Å². The van der Waals surface area contributed by atoms with Crippen LogP contribution in [0.4, 0.5) is 0 Å². The molecule has 150 valence electrons. The van der Waals surface area contributed by atoms with Gasteiger partial charge in [0, 0.05) is 13.0 Å². The fourth-order valence-electron chi connectivity index (χ4n) is 2.31. The molecule has 0 unspecified atom stereocenters. The zero-order chi connectivity index (χ0) is 20.4. The summed E-state index contributed by atoms with van der Waals surface area (Å²) in [4.78, 5) is 35.2. The first-order chi connectivity index (χ1) is 13.5. The highest BCUT2D eigenvalue weighted by molar-refractivity contribution is 5.92. The molecule has 9 heteroatoms. The van der Waals surface area contributed by atoms with Gasteiger partial charge in [-0.1, -0.05) is 18.2 Å². The third-order valence-electron chi connectivity index (χ3n) is 3.63. The predicted molar refractivity (Wildman–Crippen MR) is 99.3 cm³/mol. The van der Waals surface area contributed by atoms with Crippen molar-refractivity contribution in [3.05, 3.63) is 42.2 Å². The van der Waals surface area contributed by atoms with E-state index in [-0.39, 0.29) is 30.4 Å². The Morgan fingerprint density at radius 3 is 2.57 bits per heavy atom. The Kier molecular flexibility index (Phi) is 8.01. The van der Waals surface area contributed by atoms with E-state index in [2.05, 4.69) is 10.4 Å². The summed E-state index contributed by atoms with van der Waals surface area (Å²) in [6.07, 6.45) is 2.21. The molecular weight excluding hydrogens is 366 g/mol. The second-order valence-electron chi connectivity index (χ2n) is 5.66. The summed E-state index contributed by atoms with van der Waals surface area (Å²) < 4.78 is 16.5. The number of carbonyl (C=O) groups is 3. The number of ether oxygens (including phenoxy) is 3. The number of benzene rings is 1. The van der Waals surface area contributed by atoms with Crippen LogP contribution in [0.25, 0.3) is 5.69 Å². The first-order valence-corrected chi connectivity index (χ1v) is 8.83. The molecule has 0 bridgehead atoms. The molecule has 9 nitrogen and oxygen atoms in total. The number of methoxy groups -OCH3 is 1.